The van der Waals surface area contributed by atoms with Crippen molar-refractivity contribution in [1.82, 2.24) is 9.55 Å². The molecule has 0 unspecified atom stereocenters. The third-order valence-electron chi connectivity index (χ3n) is 2.06. The first-order valence-electron chi connectivity index (χ1n) is 5.25. The Hall–Kier alpha value is -2.05. The van der Waals surface area contributed by atoms with E-state index in [-0.39, 0.29) is 30.6 Å². The van der Waals surface area contributed by atoms with Crippen LogP contribution in [0, 0.1) is 0 Å². The molecule has 3 N–H and O–H groups in total. The van der Waals surface area contributed by atoms with Crippen LogP contribution in [0.15, 0.2) is 17.2 Å². The Morgan fingerprint density at radius 1 is 1.65 bits per heavy atom. The fraction of sp³-hybridized carbons (Fsp3) is 0.500. The maximum Gasteiger partial charge on any atom is 0.404 e. The van der Waals surface area contributed by atoms with Crippen molar-refractivity contribution in [2.24, 2.45) is 5.73 Å². The summed E-state index contributed by atoms with van der Waals surface area (Å²) in [4.78, 5) is 26.1. The molecule has 1 rings (SSSR count). The molecule has 0 fully saturated rings. The van der Waals surface area contributed by atoms with E-state index in [9.17, 15) is 9.59 Å². The molecule has 0 saturated heterocycles. The molecule has 0 atom stereocenters. The van der Waals surface area contributed by atoms with Crippen molar-refractivity contribution in [2.45, 2.75) is 19.9 Å². The number of nitrogens with zero attached hydrogens (tertiary/aromatic N) is 2. The summed E-state index contributed by atoms with van der Waals surface area (Å²) in [5, 5.41) is 2.79. The lowest BCUT2D eigenvalue weighted by molar-refractivity contribution is 0.161. The number of nitrogens with one attached hydrogen (secondary N) is 1. The van der Waals surface area contributed by atoms with Gasteiger partial charge in [-0.3, -0.25) is 4.79 Å². The van der Waals surface area contributed by atoms with Crippen molar-refractivity contribution in [3.8, 4) is 0 Å². The number of primary amides is 1. The zero-order valence-corrected chi connectivity index (χ0v) is 9.84. The molecule has 0 saturated carbocycles. The second-order valence-corrected chi connectivity index (χ2v) is 3.68. The van der Waals surface area contributed by atoms with Crippen molar-refractivity contribution in [3.05, 3.63) is 22.7 Å². The Labute approximate surface area is 98.6 Å². The predicted octanol–water partition coefficient (Wildman–Crippen LogP) is 0.331. The molecule has 1 aromatic heterocycles. The number of ether oxygens (including phenoxy) is 1. The molecule has 1 heterocycles. The number of hydrogen-bond acceptors (Lipinski definition) is 5. The van der Waals surface area contributed by atoms with Gasteiger partial charge in [-0.1, -0.05) is 0 Å². The zero-order chi connectivity index (χ0) is 12.8. The molecular weight excluding hydrogens is 224 g/mol. The van der Waals surface area contributed by atoms with Crippen LogP contribution >= 0.6 is 0 Å². The SMILES string of the molecule is CC(C)n1ccnc(NCCOC(N)=O)c1=O. The van der Waals surface area contributed by atoms with E-state index in [1.807, 2.05) is 13.8 Å². The van der Waals surface area contributed by atoms with Gasteiger partial charge in [0.1, 0.15) is 6.61 Å². The molecule has 1 aromatic rings. The molecular formula is C10H16N4O3. The highest BCUT2D eigenvalue weighted by molar-refractivity contribution is 5.64. The standard InChI is InChI=1S/C10H16N4O3/c1-7(2)14-5-3-12-8(9(14)15)13-4-6-17-10(11)16/h3,5,7H,4,6H2,1-2H3,(H2,11,16)(H,12,13). The molecule has 0 bridgehead atoms. The maximum atomic E-state index is 11.8. The minimum absolute atomic E-state index is 0.0629. The molecule has 0 radical (unpaired) electrons. The van der Waals surface area contributed by atoms with Gasteiger partial charge < -0.3 is 20.4 Å². The molecule has 0 aliphatic rings. The Morgan fingerprint density at radius 3 is 2.94 bits per heavy atom. The van der Waals surface area contributed by atoms with Gasteiger partial charge in [-0.25, -0.2) is 9.78 Å². The summed E-state index contributed by atoms with van der Waals surface area (Å²) in [6, 6.07) is 0.0629. The van der Waals surface area contributed by atoms with E-state index in [1.54, 1.807) is 17.0 Å². The van der Waals surface area contributed by atoms with Gasteiger partial charge in [0.25, 0.3) is 5.56 Å². The first-order chi connectivity index (χ1) is 8.02. The zero-order valence-electron chi connectivity index (χ0n) is 9.84. The number of rotatable bonds is 5. The minimum atomic E-state index is -0.840. The fourth-order valence-corrected chi connectivity index (χ4v) is 1.27. The van der Waals surface area contributed by atoms with Crippen LogP contribution in [0.25, 0.3) is 0 Å². The third kappa shape index (κ3) is 3.78. The van der Waals surface area contributed by atoms with Crippen LogP contribution < -0.4 is 16.6 Å². The summed E-state index contributed by atoms with van der Waals surface area (Å²) in [6.45, 7) is 4.18. The second kappa shape index (κ2) is 5.88. The first kappa shape index (κ1) is 13.0. The first-order valence-corrected chi connectivity index (χ1v) is 5.25. The summed E-state index contributed by atoms with van der Waals surface area (Å²) in [5.41, 5.74) is 4.59. The van der Waals surface area contributed by atoms with Crippen molar-refractivity contribution in [1.29, 1.82) is 0 Å². The highest BCUT2D eigenvalue weighted by Crippen LogP contribution is 2.00. The van der Waals surface area contributed by atoms with E-state index in [2.05, 4.69) is 15.0 Å². The lowest BCUT2D eigenvalue weighted by Crippen LogP contribution is -2.27. The van der Waals surface area contributed by atoms with Gasteiger partial charge in [0.15, 0.2) is 5.82 Å². The summed E-state index contributed by atoms with van der Waals surface area (Å²) < 4.78 is 6.08. The number of carbonyl (C=O) groups excluding carboxylic acids is 1. The Kier molecular flexibility index (Phi) is 4.50. The van der Waals surface area contributed by atoms with Gasteiger partial charge in [-0.05, 0) is 13.8 Å². The summed E-state index contributed by atoms with van der Waals surface area (Å²) >= 11 is 0. The van der Waals surface area contributed by atoms with Crippen LogP contribution in [-0.2, 0) is 4.74 Å². The topological polar surface area (TPSA) is 99.2 Å². The Bertz CT molecular complexity index is 441. The highest BCUT2D eigenvalue weighted by atomic mass is 16.5. The summed E-state index contributed by atoms with van der Waals surface area (Å²) in [6.07, 6.45) is 2.32. The van der Waals surface area contributed by atoms with E-state index in [1.165, 1.54) is 0 Å². The average Bonchev–Trinajstić information content (AvgIpc) is 2.25. The number of hydrogen-bond donors (Lipinski definition) is 2. The maximum absolute atomic E-state index is 11.8. The molecule has 0 aromatic carbocycles. The molecule has 94 valence electrons. The molecule has 0 spiro atoms. The van der Waals surface area contributed by atoms with Crippen LogP contribution in [0.3, 0.4) is 0 Å². The number of aromatic nitrogens is 2. The van der Waals surface area contributed by atoms with Crippen molar-refractivity contribution < 1.29 is 9.53 Å². The van der Waals surface area contributed by atoms with E-state index >= 15 is 0 Å². The lowest BCUT2D eigenvalue weighted by Gasteiger charge is -2.11. The van der Waals surface area contributed by atoms with E-state index in [4.69, 9.17) is 5.73 Å². The normalized spacial score (nSPS) is 10.3. The molecule has 0 aliphatic heterocycles. The Morgan fingerprint density at radius 2 is 2.35 bits per heavy atom. The quantitative estimate of drug-likeness (QED) is 0.722. The van der Waals surface area contributed by atoms with Crippen LogP contribution in [0.5, 0.6) is 0 Å². The van der Waals surface area contributed by atoms with E-state index in [0.717, 1.165) is 0 Å². The van der Waals surface area contributed by atoms with Crippen LogP contribution in [0.1, 0.15) is 19.9 Å². The molecule has 1 amide bonds. The smallest absolute Gasteiger partial charge is 0.404 e. The van der Waals surface area contributed by atoms with E-state index < -0.39 is 6.09 Å². The van der Waals surface area contributed by atoms with Gasteiger partial charge in [0.05, 0.1) is 6.54 Å². The van der Waals surface area contributed by atoms with Crippen molar-refractivity contribution in [2.75, 3.05) is 18.5 Å². The largest absolute Gasteiger partial charge is 0.448 e. The van der Waals surface area contributed by atoms with Gasteiger partial charge in [0, 0.05) is 18.4 Å². The van der Waals surface area contributed by atoms with Gasteiger partial charge >= 0.3 is 6.09 Å². The van der Waals surface area contributed by atoms with E-state index in [0.29, 0.717) is 0 Å². The van der Waals surface area contributed by atoms with Crippen LogP contribution in [0.4, 0.5) is 10.6 Å². The predicted molar refractivity (Wildman–Crippen MR) is 62.9 cm³/mol. The van der Waals surface area contributed by atoms with Crippen LogP contribution in [-0.4, -0.2) is 28.8 Å². The number of amides is 1. The highest BCUT2D eigenvalue weighted by Gasteiger charge is 2.06. The fourth-order valence-electron chi connectivity index (χ4n) is 1.27. The van der Waals surface area contributed by atoms with Crippen LogP contribution in [0.2, 0.25) is 0 Å². The van der Waals surface area contributed by atoms with Gasteiger partial charge in [0.2, 0.25) is 0 Å². The number of nitrogens with two attached hydrogens (primary N) is 1. The van der Waals surface area contributed by atoms with Crippen molar-refractivity contribution in [3.63, 3.8) is 0 Å². The molecule has 7 heteroatoms. The van der Waals surface area contributed by atoms with Crippen molar-refractivity contribution >= 4 is 11.9 Å². The van der Waals surface area contributed by atoms with Gasteiger partial charge in [-0.15, -0.1) is 0 Å². The molecule has 17 heavy (non-hydrogen) atoms. The summed E-state index contributed by atoms with van der Waals surface area (Å²) in [7, 11) is 0. The molecule has 0 aliphatic carbocycles. The second-order valence-electron chi connectivity index (χ2n) is 3.68. The average molecular weight is 240 g/mol. The Balaban J connectivity index is 2.63. The number of carbonyl (C=O) groups is 1. The summed E-state index contributed by atoms with van der Waals surface area (Å²) in [5.74, 6) is 0.231. The third-order valence-corrected chi connectivity index (χ3v) is 2.06. The monoisotopic (exact) mass is 240 g/mol. The minimum Gasteiger partial charge on any atom is -0.448 e. The lowest BCUT2D eigenvalue weighted by atomic mass is 10.4. The van der Waals surface area contributed by atoms with Gasteiger partial charge in [-0.2, -0.15) is 0 Å². The number of anilines is 1. The molecule has 7 nitrogen and oxygen atoms in total.